The molecule has 300 valence electrons. The SMILES string of the molecule is CCCCOC(=O)[C@@H]1CCN(C2CCN(C(=O)[C@@H](Cc3cc(Cl)c(N)c(C(F)(F)F)c3)OC(=O)N3CCC(N4CCc5ccccc5NC4=O)CC3)CC2)C1. The molecule has 55 heavy (non-hydrogen) atoms. The molecule has 3 N–H and O–H groups in total. The summed E-state index contributed by atoms with van der Waals surface area (Å²) in [5.74, 6) is -0.868. The highest BCUT2D eigenvalue weighted by Crippen LogP contribution is 2.38. The number of halogens is 4. The van der Waals surface area contributed by atoms with Crippen LogP contribution < -0.4 is 11.1 Å². The Labute approximate surface area is 324 Å². The Morgan fingerprint density at radius 1 is 0.964 bits per heavy atom. The largest absolute Gasteiger partial charge is 0.465 e. The van der Waals surface area contributed by atoms with Crippen LogP contribution in [0, 0.1) is 5.92 Å². The van der Waals surface area contributed by atoms with E-state index >= 15 is 0 Å². The molecule has 2 atom stereocenters. The molecule has 0 saturated carbocycles. The molecule has 0 spiro atoms. The van der Waals surface area contributed by atoms with Crippen molar-refractivity contribution in [3.8, 4) is 0 Å². The first-order valence-corrected chi connectivity index (χ1v) is 19.7. The van der Waals surface area contributed by atoms with Crippen LogP contribution >= 0.6 is 11.6 Å². The van der Waals surface area contributed by atoms with E-state index in [9.17, 15) is 32.3 Å². The Kier molecular flexibility index (Phi) is 13.0. The van der Waals surface area contributed by atoms with Gasteiger partial charge in [0.2, 0.25) is 0 Å². The number of alkyl halides is 3. The third-order valence-electron chi connectivity index (χ3n) is 11.3. The van der Waals surface area contributed by atoms with E-state index in [1.165, 1.54) is 11.0 Å². The highest BCUT2D eigenvalue weighted by molar-refractivity contribution is 6.33. The quantitative estimate of drug-likeness (QED) is 0.165. The summed E-state index contributed by atoms with van der Waals surface area (Å²) in [6, 6.07) is 9.59. The summed E-state index contributed by atoms with van der Waals surface area (Å²) in [5.41, 5.74) is 5.80. The van der Waals surface area contributed by atoms with Gasteiger partial charge >= 0.3 is 24.3 Å². The number of hydrogen-bond donors (Lipinski definition) is 2. The van der Waals surface area contributed by atoms with E-state index in [2.05, 4.69) is 10.2 Å². The second kappa shape index (κ2) is 17.7. The average Bonchev–Trinajstić information content (AvgIpc) is 3.60. The first kappa shape index (κ1) is 40.4. The van der Waals surface area contributed by atoms with Crippen molar-refractivity contribution in [1.82, 2.24) is 19.6 Å². The number of nitrogen functional groups attached to an aromatic ring is 1. The number of ether oxygens (including phenoxy) is 2. The molecular formula is C39H50ClF3N6O6. The lowest BCUT2D eigenvalue weighted by molar-refractivity contribution is -0.148. The van der Waals surface area contributed by atoms with Crippen molar-refractivity contribution in [3.63, 3.8) is 0 Å². The molecule has 0 aliphatic carbocycles. The van der Waals surface area contributed by atoms with Crippen molar-refractivity contribution >= 4 is 47.0 Å². The molecule has 3 fully saturated rings. The van der Waals surface area contributed by atoms with Gasteiger partial charge < -0.3 is 35.2 Å². The second-order valence-corrected chi connectivity index (χ2v) is 15.3. The van der Waals surface area contributed by atoms with Gasteiger partial charge in [-0.05, 0) is 80.8 Å². The van der Waals surface area contributed by atoms with Crippen LogP contribution in [0.1, 0.15) is 68.6 Å². The van der Waals surface area contributed by atoms with Crippen LogP contribution in [0.25, 0.3) is 0 Å². The number of fused-ring (bicyclic) bond motifs is 1. The van der Waals surface area contributed by atoms with Gasteiger partial charge in [-0.1, -0.05) is 43.1 Å². The van der Waals surface area contributed by atoms with Crippen LogP contribution in [0.3, 0.4) is 0 Å². The number of likely N-dealkylation sites (tertiary alicyclic amines) is 3. The number of para-hydroxylation sites is 1. The van der Waals surface area contributed by atoms with E-state index < -0.39 is 35.5 Å². The molecular weight excluding hydrogens is 741 g/mol. The van der Waals surface area contributed by atoms with E-state index in [0.29, 0.717) is 71.3 Å². The number of rotatable bonds is 10. The summed E-state index contributed by atoms with van der Waals surface area (Å²) < 4.78 is 52.9. The van der Waals surface area contributed by atoms with Crippen LogP contribution in [-0.4, -0.2) is 114 Å². The van der Waals surface area contributed by atoms with Gasteiger partial charge in [0, 0.05) is 63.5 Å². The normalized spacial score (nSPS) is 20.8. The molecule has 3 saturated heterocycles. The molecule has 0 bridgehead atoms. The van der Waals surface area contributed by atoms with Gasteiger partial charge in [-0.2, -0.15) is 13.2 Å². The van der Waals surface area contributed by atoms with Crippen LogP contribution in [-0.2, 0) is 38.1 Å². The molecule has 4 heterocycles. The first-order valence-electron chi connectivity index (χ1n) is 19.3. The monoisotopic (exact) mass is 790 g/mol. The number of amides is 4. The van der Waals surface area contributed by atoms with Crippen LogP contribution in [0.5, 0.6) is 0 Å². The number of esters is 1. The highest BCUT2D eigenvalue weighted by Gasteiger charge is 2.39. The van der Waals surface area contributed by atoms with Crippen molar-refractivity contribution in [1.29, 1.82) is 0 Å². The molecule has 0 aromatic heterocycles. The number of nitrogens with one attached hydrogen (secondary N) is 1. The zero-order valence-corrected chi connectivity index (χ0v) is 31.9. The fraction of sp³-hybridized carbons (Fsp3) is 0.590. The van der Waals surface area contributed by atoms with Gasteiger partial charge in [-0.15, -0.1) is 0 Å². The van der Waals surface area contributed by atoms with Gasteiger partial charge in [-0.25, -0.2) is 9.59 Å². The Hall–Kier alpha value is -4.24. The Balaban J connectivity index is 1.09. The predicted octanol–water partition coefficient (Wildman–Crippen LogP) is 6.20. The fourth-order valence-corrected chi connectivity index (χ4v) is 8.36. The molecule has 16 heteroatoms. The minimum atomic E-state index is -4.79. The summed E-state index contributed by atoms with van der Waals surface area (Å²) in [5, 5.41) is 2.67. The van der Waals surface area contributed by atoms with Gasteiger partial charge in [0.25, 0.3) is 5.91 Å². The topological polar surface area (TPSA) is 138 Å². The number of anilines is 2. The fourth-order valence-electron chi connectivity index (χ4n) is 8.12. The number of urea groups is 1. The van der Waals surface area contributed by atoms with Crippen LogP contribution in [0.15, 0.2) is 36.4 Å². The maximum Gasteiger partial charge on any atom is 0.418 e. The summed E-state index contributed by atoms with van der Waals surface area (Å²) in [6.45, 7) is 5.56. The smallest absolute Gasteiger partial charge is 0.418 e. The average molecular weight is 791 g/mol. The Morgan fingerprint density at radius 2 is 1.65 bits per heavy atom. The molecule has 12 nitrogen and oxygen atoms in total. The number of piperidine rings is 2. The summed E-state index contributed by atoms with van der Waals surface area (Å²) >= 11 is 6.13. The van der Waals surface area contributed by atoms with E-state index in [1.54, 1.807) is 9.80 Å². The molecule has 4 amide bonds. The first-order chi connectivity index (χ1) is 26.3. The van der Waals surface area contributed by atoms with E-state index in [-0.39, 0.29) is 60.1 Å². The summed E-state index contributed by atoms with van der Waals surface area (Å²) in [4.78, 5) is 60.5. The minimum absolute atomic E-state index is 0.0494. The summed E-state index contributed by atoms with van der Waals surface area (Å²) in [6.07, 6.45) is -1.92. The zero-order valence-electron chi connectivity index (χ0n) is 31.1. The predicted molar refractivity (Wildman–Crippen MR) is 200 cm³/mol. The number of unbranched alkanes of at least 4 members (excludes halogenated alkanes) is 1. The molecule has 4 aliphatic heterocycles. The number of nitrogens with zero attached hydrogens (tertiary/aromatic N) is 4. The third-order valence-corrected chi connectivity index (χ3v) is 11.6. The second-order valence-electron chi connectivity index (χ2n) is 14.9. The number of carbonyl (C=O) groups is 4. The number of nitrogens with two attached hydrogens (primary N) is 1. The minimum Gasteiger partial charge on any atom is -0.465 e. The van der Waals surface area contributed by atoms with E-state index in [4.69, 9.17) is 26.8 Å². The van der Waals surface area contributed by atoms with Crippen molar-refractivity contribution in [2.24, 2.45) is 5.92 Å². The molecule has 2 aromatic rings. The number of benzene rings is 2. The molecule has 4 aliphatic rings. The van der Waals surface area contributed by atoms with Crippen LogP contribution in [0.4, 0.5) is 34.1 Å². The lowest BCUT2D eigenvalue weighted by Gasteiger charge is -2.39. The van der Waals surface area contributed by atoms with Crippen molar-refractivity contribution in [2.45, 2.75) is 89.1 Å². The Morgan fingerprint density at radius 3 is 2.36 bits per heavy atom. The van der Waals surface area contributed by atoms with Gasteiger partial charge in [0.05, 0.1) is 28.8 Å². The van der Waals surface area contributed by atoms with Crippen molar-refractivity contribution < 1.29 is 41.8 Å². The molecule has 2 aromatic carbocycles. The van der Waals surface area contributed by atoms with Crippen molar-refractivity contribution in [3.05, 3.63) is 58.1 Å². The number of hydrogen-bond acceptors (Lipinski definition) is 8. The van der Waals surface area contributed by atoms with E-state index in [1.807, 2.05) is 31.2 Å². The van der Waals surface area contributed by atoms with Gasteiger partial charge in [0.15, 0.2) is 6.10 Å². The zero-order chi connectivity index (χ0) is 39.3. The highest BCUT2D eigenvalue weighted by atomic mass is 35.5. The van der Waals surface area contributed by atoms with Gasteiger partial charge in [-0.3, -0.25) is 14.5 Å². The molecule has 6 rings (SSSR count). The maximum atomic E-state index is 14.1. The number of carbonyl (C=O) groups excluding carboxylic acids is 4. The maximum absolute atomic E-state index is 14.1. The standard InChI is InChI=1S/C39H50ClF3N6O6/c1-2-3-20-54-36(51)27-8-14-48(24-27)28-10-15-46(16-11-28)35(50)33(23-25-21-30(39(41,42)43)34(44)31(40)22-25)55-38(53)47-17-12-29(13-18-47)49-19-9-26-6-4-5-7-32(26)45-37(49)52/h4-7,21-22,27-29,33H,2-3,8-20,23-24,44H2,1H3,(H,45,52)/t27-,33-/m1/s1. The van der Waals surface area contributed by atoms with E-state index in [0.717, 1.165) is 36.7 Å². The van der Waals surface area contributed by atoms with Gasteiger partial charge in [0.1, 0.15) is 0 Å². The lowest BCUT2D eigenvalue weighted by atomic mass is 10.00. The lowest BCUT2D eigenvalue weighted by Crippen LogP contribution is -2.52. The summed E-state index contributed by atoms with van der Waals surface area (Å²) in [7, 11) is 0. The van der Waals surface area contributed by atoms with Crippen LogP contribution in [0.2, 0.25) is 5.02 Å². The third kappa shape index (κ3) is 9.77. The van der Waals surface area contributed by atoms with Crippen molar-refractivity contribution in [2.75, 3.05) is 63.5 Å². The Bertz CT molecular complexity index is 1720. The molecule has 0 radical (unpaired) electrons. The molecule has 0 unspecified atom stereocenters.